The first-order chi connectivity index (χ1) is 10.2. The fraction of sp³-hybridized carbons (Fsp3) is 0.333. The van der Waals surface area contributed by atoms with E-state index in [-0.39, 0.29) is 6.04 Å². The van der Waals surface area contributed by atoms with Gasteiger partial charge in [0, 0.05) is 17.0 Å². The molecule has 1 unspecified atom stereocenters. The van der Waals surface area contributed by atoms with Crippen LogP contribution in [0.4, 0.5) is 0 Å². The SMILES string of the molecule is CNC(c1sccc1Cl)c1c(OC)cc(OC)cc1OC. The van der Waals surface area contributed by atoms with Crippen molar-refractivity contribution < 1.29 is 14.2 Å². The molecule has 1 atom stereocenters. The Balaban J connectivity index is 2.62. The molecular formula is C15H18ClNO3S. The number of rotatable bonds is 6. The van der Waals surface area contributed by atoms with Crippen molar-refractivity contribution in [3.05, 3.63) is 39.0 Å². The second-order valence-electron chi connectivity index (χ2n) is 4.30. The van der Waals surface area contributed by atoms with Crippen molar-refractivity contribution in [1.82, 2.24) is 5.32 Å². The van der Waals surface area contributed by atoms with Crippen molar-refractivity contribution >= 4 is 22.9 Å². The third kappa shape index (κ3) is 3.10. The molecule has 1 heterocycles. The van der Waals surface area contributed by atoms with E-state index in [0.29, 0.717) is 17.2 Å². The number of benzene rings is 1. The maximum Gasteiger partial charge on any atom is 0.131 e. The highest BCUT2D eigenvalue weighted by atomic mass is 35.5. The predicted octanol–water partition coefficient (Wildman–Crippen LogP) is 3.74. The first-order valence-corrected chi connectivity index (χ1v) is 7.62. The first kappa shape index (κ1) is 15.9. The molecule has 0 radical (unpaired) electrons. The van der Waals surface area contributed by atoms with Gasteiger partial charge in [-0.25, -0.2) is 0 Å². The highest BCUT2D eigenvalue weighted by Crippen LogP contribution is 2.43. The number of hydrogen-bond acceptors (Lipinski definition) is 5. The van der Waals surface area contributed by atoms with Gasteiger partial charge in [-0.1, -0.05) is 11.6 Å². The summed E-state index contributed by atoms with van der Waals surface area (Å²) in [5, 5.41) is 5.96. The van der Waals surface area contributed by atoms with Crippen molar-refractivity contribution in [3.8, 4) is 17.2 Å². The van der Waals surface area contributed by atoms with Crippen molar-refractivity contribution in [1.29, 1.82) is 0 Å². The van der Waals surface area contributed by atoms with Gasteiger partial charge in [-0.05, 0) is 18.5 Å². The van der Waals surface area contributed by atoms with Gasteiger partial charge in [0.2, 0.25) is 0 Å². The van der Waals surface area contributed by atoms with Gasteiger partial charge >= 0.3 is 0 Å². The summed E-state index contributed by atoms with van der Waals surface area (Å²) in [6.07, 6.45) is 0. The fourth-order valence-corrected chi connectivity index (χ4v) is 3.52. The predicted molar refractivity (Wildman–Crippen MR) is 86.3 cm³/mol. The van der Waals surface area contributed by atoms with E-state index in [1.54, 1.807) is 32.7 Å². The maximum absolute atomic E-state index is 6.28. The van der Waals surface area contributed by atoms with Crippen LogP contribution in [0.3, 0.4) is 0 Å². The third-order valence-corrected chi connectivity index (χ3v) is 4.66. The van der Waals surface area contributed by atoms with Gasteiger partial charge in [0.25, 0.3) is 0 Å². The quantitative estimate of drug-likeness (QED) is 0.877. The summed E-state index contributed by atoms with van der Waals surface area (Å²) in [7, 11) is 6.74. The molecule has 1 N–H and O–H groups in total. The summed E-state index contributed by atoms with van der Waals surface area (Å²) in [5.41, 5.74) is 0.896. The molecule has 21 heavy (non-hydrogen) atoms. The lowest BCUT2D eigenvalue weighted by atomic mass is 10.0. The van der Waals surface area contributed by atoms with Crippen LogP contribution in [0.25, 0.3) is 0 Å². The Morgan fingerprint density at radius 1 is 1.10 bits per heavy atom. The number of thiophene rings is 1. The van der Waals surface area contributed by atoms with E-state index >= 15 is 0 Å². The van der Waals surface area contributed by atoms with Gasteiger partial charge < -0.3 is 19.5 Å². The Kier molecular flexibility index (Phi) is 5.33. The molecule has 0 saturated carbocycles. The minimum absolute atomic E-state index is 0.117. The van der Waals surface area contributed by atoms with E-state index in [0.717, 1.165) is 15.5 Å². The molecule has 0 aliphatic rings. The molecule has 2 rings (SSSR count). The third-order valence-electron chi connectivity index (χ3n) is 3.24. The summed E-state index contributed by atoms with van der Waals surface area (Å²) < 4.78 is 16.3. The topological polar surface area (TPSA) is 39.7 Å². The summed E-state index contributed by atoms with van der Waals surface area (Å²) in [5.74, 6) is 2.06. The highest BCUT2D eigenvalue weighted by Gasteiger charge is 2.25. The standard InChI is InChI=1S/C15H18ClNO3S/c1-17-14(15-10(16)5-6-21-15)13-11(19-3)7-9(18-2)8-12(13)20-4/h5-8,14,17H,1-4H3. The zero-order valence-electron chi connectivity index (χ0n) is 12.4. The Labute approximate surface area is 133 Å². The second kappa shape index (κ2) is 7.02. The second-order valence-corrected chi connectivity index (χ2v) is 5.65. The summed E-state index contributed by atoms with van der Waals surface area (Å²) in [6.45, 7) is 0. The van der Waals surface area contributed by atoms with Crippen molar-refractivity contribution in [2.24, 2.45) is 0 Å². The van der Waals surface area contributed by atoms with E-state index < -0.39 is 0 Å². The highest BCUT2D eigenvalue weighted by molar-refractivity contribution is 7.10. The van der Waals surface area contributed by atoms with E-state index in [4.69, 9.17) is 25.8 Å². The molecule has 0 aliphatic heterocycles. The average Bonchev–Trinajstić information content (AvgIpc) is 2.94. The number of halogens is 1. The smallest absolute Gasteiger partial charge is 0.131 e. The molecular weight excluding hydrogens is 310 g/mol. The first-order valence-electron chi connectivity index (χ1n) is 6.36. The van der Waals surface area contributed by atoms with Crippen LogP contribution < -0.4 is 19.5 Å². The zero-order chi connectivity index (χ0) is 15.4. The molecule has 114 valence electrons. The average molecular weight is 328 g/mol. The molecule has 0 amide bonds. The van der Waals surface area contributed by atoms with Crippen molar-refractivity contribution in [2.45, 2.75) is 6.04 Å². The van der Waals surface area contributed by atoms with Crippen LogP contribution in [0.15, 0.2) is 23.6 Å². The van der Waals surface area contributed by atoms with Crippen LogP contribution in [0, 0.1) is 0 Å². The number of nitrogens with one attached hydrogen (secondary N) is 1. The van der Waals surface area contributed by atoms with E-state index in [1.165, 1.54) is 0 Å². The molecule has 6 heteroatoms. The van der Waals surface area contributed by atoms with E-state index in [9.17, 15) is 0 Å². The molecule has 0 spiro atoms. The Morgan fingerprint density at radius 3 is 2.10 bits per heavy atom. The van der Waals surface area contributed by atoms with Crippen molar-refractivity contribution in [3.63, 3.8) is 0 Å². The summed E-state index contributed by atoms with van der Waals surface area (Å²) in [6, 6.07) is 5.44. The van der Waals surface area contributed by atoms with Gasteiger partial charge in [0.1, 0.15) is 17.2 Å². The summed E-state index contributed by atoms with van der Waals surface area (Å²) in [4.78, 5) is 1.01. The molecule has 1 aromatic heterocycles. The molecule has 0 saturated heterocycles. The lowest BCUT2D eigenvalue weighted by molar-refractivity contribution is 0.364. The van der Waals surface area contributed by atoms with Crippen LogP contribution in [0.1, 0.15) is 16.5 Å². The minimum atomic E-state index is -0.117. The van der Waals surface area contributed by atoms with E-state index in [2.05, 4.69) is 5.32 Å². The van der Waals surface area contributed by atoms with Gasteiger partial charge in [0.15, 0.2) is 0 Å². The van der Waals surface area contributed by atoms with Crippen LogP contribution in [0.2, 0.25) is 5.02 Å². The Hall–Kier alpha value is -1.43. The molecule has 0 fully saturated rings. The molecule has 2 aromatic rings. The normalized spacial score (nSPS) is 12.0. The summed E-state index contributed by atoms with van der Waals surface area (Å²) >= 11 is 7.87. The Morgan fingerprint density at radius 2 is 1.71 bits per heavy atom. The minimum Gasteiger partial charge on any atom is -0.496 e. The lowest BCUT2D eigenvalue weighted by Gasteiger charge is -2.22. The van der Waals surface area contributed by atoms with Gasteiger partial charge in [-0.15, -0.1) is 11.3 Å². The number of hydrogen-bond donors (Lipinski definition) is 1. The molecule has 1 aromatic carbocycles. The van der Waals surface area contributed by atoms with Crippen LogP contribution in [-0.4, -0.2) is 28.4 Å². The monoisotopic (exact) mass is 327 g/mol. The largest absolute Gasteiger partial charge is 0.496 e. The molecule has 0 bridgehead atoms. The van der Waals surface area contributed by atoms with E-state index in [1.807, 2.05) is 30.6 Å². The van der Waals surface area contributed by atoms with Gasteiger partial charge in [-0.3, -0.25) is 0 Å². The van der Waals surface area contributed by atoms with Crippen LogP contribution >= 0.6 is 22.9 Å². The van der Waals surface area contributed by atoms with Gasteiger partial charge in [-0.2, -0.15) is 0 Å². The lowest BCUT2D eigenvalue weighted by Crippen LogP contribution is -2.18. The maximum atomic E-state index is 6.28. The number of ether oxygens (including phenoxy) is 3. The van der Waals surface area contributed by atoms with Crippen LogP contribution in [-0.2, 0) is 0 Å². The van der Waals surface area contributed by atoms with Crippen LogP contribution in [0.5, 0.6) is 17.2 Å². The van der Waals surface area contributed by atoms with Gasteiger partial charge in [0.05, 0.1) is 38.0 Å². The zero-order valence-corrected chi connectivity index (χ0v) is 14.0. The fourth-order valence-electron chi connectivity index (χ4n) is 2.24. The number of methoxy groups -OCH3 is 3. The molecule has 4 nitrogen and oxygen atoms in total. The van der Waals surface area contributed by atoms with Crippen molar-refractivity contribution in [2.75, 3.05) is 28.4 Å². The Bertz CT molecular complexity index is 590. The molecule has 0 aliphatic carbocycles.